The van der Waals surface area contributed by atoms with Gasteiger partial charge in [0, 0.05) is 31.9 Å². The molecule has 1 aliphatic carbocycles. The van der Waals surface area contributed by atoms with Gasteiger partial charge in [0.25, 0.3) is 0 Å². The van der Waals surface area contributed by atoms with Crippen LogP contribution in [0.3, 0.4) is 0 Å². The fraction of sp³-hybridized carbons (Fsp3) is 0.478. The standard InChI is InChI=1S/C23H29N3O3S/c1-3-29-23(28)21-18(17-8-9-17)15-30-22(21)24-20(27)14-25-10-12-26(13-11-25)19-7-5-4-6-16(19)2/h4-7,15,17H,3,8-14H2,1-2H3,(H,24,27). The number of ether oxygens (including phenoxy) is 1. The molecule has 0 spiro atoms. The molecule has 1 amide bonds. The zero-order chi connectivity index (χ0) is 21.1. The third-order valence-corrected chi connectivity index (χ3v) is 6.68. The molecule has 1 N–H and O–H groups in total. The molecule has 160 valence electrons. The topological polar surface area (TPSA) is 61.9 Å². The SMILES string of the molecule is CCOC(=O)c1c(C2CC2)csc1NC(=O)CN1CCN(c2ccccc2C)CC1. The number of anilines is 2. The molecule has 1 aliphatic heterocycles. The Morgan fingerprint density at radius 2 is 1.90 bits per heavy atom. The summed E-state index contributed by atoms with van der Waals surface area (Å²) >= 11 is 1.43. The summed E-state index contributed by atoms with van der Waals surface area (Å²) in [6.45, 7) is 8.07. The lowest BCUT2D eigenvalue weighted by Gasteiger charge is -2.36. The molecule has 0 bridgehead atoms. The fourth-order valence-corrected chi connectivity index (χ4v) is 5.05. The van der Waals surface area contributed by atoms with Crippen LogP contribution in [0.2, 0.25) is 0 Å². The summed E-state index contributed by atoms with van der Waals surface area (Å²) in [5.74, 6) is 0.0257. The highest BCUT2D eigenvalue weighted by Gasteiger charge is 2.32. The maximum atomic E-state index is 12.7. The van der Waals surface area contributed by atoms with Crippen molar-refractivity contribution in [2.24, 2.45) is 0 Å². The smallest absolute Gasteiger partial charge is 0.341 e. The Labute approximate surface area is 181 Å². The number of amides is 1. The van der Waals surface area contributed by atoms with Crippen LogP contribution in [0.4, 0.5) is 10.7 Å². The van der Waals surface area contributed by atoms with Crippen molar-refractivity contribution in [1.82, 2.24) is 4.90 Å². The van der Waals surface area contributed by atoms with E-state index < -0.39 is 0 Å². The first-order valence-corrected chi connectivity index (χ1v) is 11.6. The molecule has 1 aromatic heterocycles. The minimum absolute atomic E-state index is 0.0749. The van der Waals surface area contributed by atoms with Crippen molar-refractivity contribution >= 4 is 33.9 Å². The molecular formula is C23H29N3O3S. The quantitative estimate of drug-likeness (QED) is 0.680. The molecule has 6 nitrogen and oxygen atoms in total. The summed E-state index contributed by atoms with van der Waals surface area (Å²) in [4.78, 5) is 29.7. The number of carbonyl (C=O) groups is 2. The summed E-state index contributed by atoms with van der Waals surface area (Å²) in [5.41, 5.74) is 4.13. The summed E-state index contributed by atoms with van der Waals surface area (Å²) in [6, 6.07) is 8.42. The van der Waals surface area contributed by atoms with Crippen LogP contribution in [-0.2, 0) is 9.53 Å². The number of piperazine rings is 1. The van der Waals surface area contributed by atoms with E-state index in [1.807, 2.05) is 5.38 Å². The molecule has 1 saturated carbocycles. The number of carbonyl (C=O) groups excluding carboxylic acids is 2. The third-order valence-electron chi connectivity index (χ3n) is 5.76. The molecule has 0 radical (unpaired) electrons. The lowest BCUT2D eigenvalue weighted by Crippen LogP contribution is -2.48. The van der Waals surface area contributed by atoms with Crippen LogP contribution in [0.25, 0.3) is 0 Å². The van der Waals surface area contributed by atoms with Gasteiger partial charge in [0.15, 0.2) is 0 Å². The van der Waals surface area contributed by atoms with E-state index in [0.29, 0.717) is 29.6 Å². The number of aryl methyl sites for hydroxylation is 1. The van der Waals surface area contributed by atoms with Crippen molar-refractivity contribution in [3.63, 3.8) is 0 Å². The second kappa shape index (κ2) is 9.18. The molecule has 2 aromatic rings. The summed E-state index contributed by atoms with van der Waals surface area (Å²) in [5, 5.41) is 5.60. The monoisotopic (exact) mass is 427 g/mol. The van der Waals surface area contributed by atoms with Gasteiger partial charge in [0.2, 0.25) is 5.91 Å². The van der Waals surface area contributed by atoms with Gasteiger partial charge in [-0.2, -0.15) is 0 Å². The average molecular weight is 428 g/mol. The number of nitrogens with one attached hydrogen (secondary N) is 1. The number of thiophene rings is 1. The highest BCUT2D eigenvalue weighted by Crippen LogP contribution is 2.46. The highest BCUT2D eigenvalue weighted by atomic mass is 32.1. The van der Waals surface area contributed by atoms with Gasteiger partial charge in [-0.1, -0.05) is 18.2 Å². The van der Waals surface area contributed by atoms with Crippen LogP contribution in [0.15, 0.2) is 29.6 Å². The zero-order valence-electron chi connectivity index (χ0n) is 17.6. The second-order valence-electron chi connectivity index (χ2n) is 7.99. The van der Waals surface area contributed by atoms with E-state index in [1.54, 1.807) is 6.92 Å². The Morgan fingerprint density at radius 1 is 1.17 bits per heavy atom. The summed E-state index contributed by atoms with van der Waals surface area (Å²) < 4.78 is 5.24. The van der Waals surface area contributed by atoms with E-state index in [9.17, 15) is 9.59 Å². The van der Waals surface area contributed by atoms with E-state index in [-0.39, 0.29) is 11.9 Å². The Bertz CT molecular complexity index is 914. The van der Waals surface area contributed by atoms with E-state index in [2.05, 4.69) is 46.3 Å². The lowest BCUT2D eigenvalue weighted by molar-refractivity contribution is -0.117. The second-order valence-corrected chi connectivity index (χ2v) is 8.87. The number of nitrogens with zero attached hydrogens (tertiary/aromatic N) is 2. The first-order valence-electron chi connectivity index (χ1n) is 10.7. The summed E-state index contributed by atoms with van der Waals surface area (Å²) in [7, 11) is 0. The average Bonchev–Trinajstić information content (AvgIpc) is 3.50. The molecule has 1 aromatic carbocycles. The number of benzene rings is 1. The van der Waals surface area contributed by atoms with Gasteiger partial charge in [0.1, 0.15) is 5.00 Å². The van der Waals surface area contributed by atoms with Crippen LogP contribution < -0.4 is 10.2 Å². The predicted octanol–water partition coefficient (Wildman–Crippen LogP) is 3.87. The Balaban J connectivity index is 1.35. The molecule has 0 atom stereocenters. The van der Waals surface area contributed by atoms with Crippen molar-refractivity contribution in [2.75, 3.05) is 49.5 Å². The van der Waals surface area contributed by atoms with Crippen molar-refractivity contribution in [3.8, 4) is 0 Å². The van der Waals surface area contributed by atoms with Gasteiger partial charge < -0.3 is 15.0 Å². The number of esters is 1. The maximum absolute atomic E-state index is 12.7. The lowest BCUT2D eigenvalue weighted by atomic mass is 10.1. The zero-order valence-corrected chi connectivity index (χ0v) is 18.5. The molecule has 7 heteroatoms. The van der Waals surface area contributed by atoms with Crippen LogP contribution in [0.5, 0.6) is 0 Å². The van der Waals surface area contributed by atoms with E-state index in [1.165, 1.54) is 22.6 Å². The van der Waals surface area contributed by atoms with E-state index >= 15 is 0 Å². The Hall–Kier alpha value is -2.38. The molecule has 1 saturated heterocycles. The molecule has 2 heterocycles. The number of hydrogen-bond acceptors (Lipinski definition) is 6. The van der Waals surface area contributed by atoms with Gasteiger partial charge >= 0.3 is 5.97 Å². The first kappa shape index (κ1) is 20.9. The molecule has 0 unspecified atom stereocenters. The van der Waals surface area contributed by atoms with Gasteiger partial charge in [-0.3, -0.25) is 9.69 Å². The third kappa shape index (κ3) is 4.68. The van der Waals surface area contributed by atoms with Crippen molar-refractivity contribution in [2.45, 2.75) is 32.6 Å². The predicted molar refractivity (Wildman–Crippen MR) is 121 cm³/mol. The van der Waals surface area contributed by atoms with Gasteiger partial charge in [0.05, 0.1) is 18.7 Å². The maximum Gasteiger partial charge on any atom is 0.341 e. The minimum atomic E-state index is -0.331. The fourth-order valence-electron chi connectivity index (χ4n) is 4.01. The van der Waals surface area contributed by atoms with Crippen molar-refractivity contribution < 1.29 is 14.3 Å². The van der Waals surface area contributed by atoms with Gasteiger partial charge in [-0.25, -0.2) is 4.79 Å². The van der Waals surface area contributed by atoms with Crippen LogP contribution in [-0.4, -0.2) is 56.1 Å². The first-order chi connectivity index (χ1) is 14.6. The molecule has 2 fully saturated rings. The highest BCUT2D eigenvalue weighted by molar-refractivity contribution is 7.15. The van der Waals surface area contributed by atoms with Crippen LogP contribution in [0, 0.1) is 6.92 Å². The van der Waals surface area contributed by atoms with Crippen LogP contribution >= 0.6 is 11.3 Å². The van der Waals surface area contributed by atoms with E-state index in [0.717, 1.165) is 44.6 Å². The number of para-hydroxylation sites is 1. The normalized spacial score (nSPS) is 17.1. The van der Waals surface area contributed by atoms with Crippen molar-refractivity contribution in [3.05, 3.63) is 46.3 Å². The van der Waals surface area contributed by atoms with E-state index in [4.69, 9.17) is 4.74 Å². The Kier molecular flexibility index (Phi) is 6.39. The molecule has 2 aliphatic rings. The minimum Gasteiger partial charge on any atom is -0.462 e. The largest absolute Gasteiger partial charge is 0.462 e. The number of rotatable bonds is 7. The van der Waals surface area contributed by atoms with Gasteiger partial charge in [-0.15, -0.1) is 11.3 Å². The number of hydrogen-bond donors (Lipinski definition) is 1. The van der Waals surface area contributed by atoms with Gasteiger partial charge in [-0.05, 0) is 55.2 Å². The molecular weight excluding hydrogens is 398 g/mol. The molecule has 30 heavy (non-hydrogen) atoms. The Morgan fingerprint density at radius 3 is 2.57 bits per heavy atom. The summed E-state index contributed by atoms with van der Waals surface area (Å²) in [6.07, 6.45) is 2.20. The van der Waals surface area contributed by atoms with Crippen molar-refractivity contribution in [1.29, 1.82) is 0 Å². The van der Waals surface area contributed by atoms with Crippen LogP contribution in [0.1, 0.15) is 47.2 Å². The molecule has 4 rings (SSSR count).